The number of carboxylic acid groups (broad SMARTS) is 1. The number of hydrogen-bond donors (Lipinski definition) is 2. The van der Waals surface area contributed by atoms with E-state index in [1.165, 1.54) is 12.1 Å². The molecule has 0 aliphatic carbocycles. The smallest absolute Gasteiger partial charge is 0.305 e. The van der Waals surface area contributed by atoms with E-state index in [4.69, 9.17) is 9.84 Å². The zero-order valence-corrected chi connectivity index (χ0v) is 12.4. The van der Waals surface area contributed by atoms with Gasteiger partial charge in [0.05, 0.1) is 6.42 Å². The number of ether oxygens (including phenoxy) is 1. The number of carbonyl (C=O) groups is 2. The molecule has 0 fully saturated rings. The molecule has 2 N–H and O–H groups in total. The molecule has 1 rings (SSSR count). The van der Waals surface area contributed by atoms with E-state index in [9.17, 15) is 14.0 Å². The molecule has 0 aliphatic heterocycles. The van der Waals surface area contributed by atoms with Gasteiger partial charge in [-0.15, -0.1) is 0 Å². The van der Waals surface area contributed by atoms with E-state index in [1.807, 2.05) is 0 Å². The Morgan fingerprint density at radius 2 is 2.20 bits per heavy atom. The summed E-state index contributed by atoms with van der Waals surface area (Å²) < 4.78 is 19.1. The van der Waals surface area contributed by atoms with E-state index >= 15 is 0 Å². The molecule has 1 aromatic rings. The van der Waals surface area contributed by atoms with Crippen LogP contribution in [0.2, 0.25) is 0 Å². The van der Waals surface area contributed by atoms with Gasteiger partial charge in [-0.25, -0.2) is 4.39 Å². The average molecular weight is 348 g/mol. The first kappa shape index (κ1) is 16.4. The Morgan fingerprint density at radius 3 is 2.75 bits per heavy atom. The van der Waals surface area contributed by atoms with Crippen LogP contribution in [0.3, 0.4) is 0 Å². The number of carboxylic acids is 1. The van der Waals surface area contributed by atoms with Gasteiger partial charge in [-0.05, 0) is 24.6 Å². The maximum atomic E-state index is 13.4. The SMILES string of the molecule is CCC(CC(=O)O)NC(=O)COc1ccc(Br)cc1F. The van der Waals surface area contributed by atoms with E-state index in [1.54, 1.807) is 13.0 Å². The van der Waals surface area contributed by atoms with Crippen LogP contribution in [-0.2, 0) is 9.59 Å². The minimum absolute atomic E-state index is 0.0327. The van der Waals surface area contributed by atoms with Crippen LogP contribution in [0.25, 0.3) is 0 Å². The lowest BCUT2D eigenvalue weighted by molar-refractivity contribution is -0.137. The highest BCUT2D eigenvalue weighted by Crippen LogP contribution is 2.21. The first-order chi connectivity index (χ1) is 9.42. The van der Waals surface area contributed by atoms with Crippen LogP contribution >= 0.6 is 15.9 Å². The van der Waals surface area contributed by atoms with Crippen molar-refractivity contribution >= 4 is 27.8 Å². The predicted octanol–water partition coefficient (Wildman–Crippen LogP) is 2.34. The number of halogens is 2. The summed E-state index contributed by atoms with van der Waals surface area (Å²) in [4.78, 5) is 22.2. The van der Waals surface area contributed by atoms with Gasteiger partial charge < -0.3 is 15.2 Å². The van der Waals surface area contributed by atoms with Crippen molar-refractivity contribution in [3.8, 4) is 5.75 Å². The van der Waals surface area contributed by atoms with Gasteiger partial charge in [-0.3, -0.25) is 9.59 Å². The van der Waals surface area contributed by atoms with Gasteiger partial charge in [0.25, 0.3) is 5.91 Å². The largest absolute Gasteiger partial charge is 0.481 e. The number of rotatable bonds is 7. The monoisotopic (exact) mass is 347 g/mol. The van der Waals surface area contributed by atoms with Gasteiger partial charge in [0.15, 0.2) is 18.2 Å². The molecule has 0 heterocycles. The van der Waals surface area contributed by atoms with Crippen LogP contribution in [0, 0.1) is 5.82 Å². The highest BCUT2D eigenvalue weighted by molar-refractivity contribution is 9.10. The van der Waals surface area contributed by atoms with Crippen LogP contribution < -0.4 is 10.1 Å². The highest BCUT2D eigenvalue weighted by atomic mass is 79.9. The molecule has 0 saturated heterocycles. The fourth-order valence-electron chi connectivity index (χ4n) is 1.51. The Kier molecular flexibility index (Phi) is 6.44. The molecule has 1 amide bonds. The second-order valence-electron chi connectivity index (χ2n) is 4.13. The Balaban J connectivity index is 2.48. The summed E-state index contributed by atoms with van der Waals surface area (Å²) in [6, 6.07) is 3.77. The fourth-order valence-corrected chi connectivity index (χ4v) is 1.85. The van der Waals surface area contributed by atoms with Gasteiger partial charge in [0.2, 0.25) is 0 Å². The summed E-state index contributed by atoms with van der Waals surface area (Å²) in [5, 5.41) is 11.2. The topological polar surface area (TPSA) is 75.6 Å². The van der Waals surface area contributed by atoms with Gasteiger partial charge in [-0.1, -0.05) is 22.9 Å². The zero-order valence-electron chi connectivity index (χ0n) is 10.9. The van der Waals surface area contributed by atoms with Crippen LogP contribution in [0.1, 0.15) is 19.8 Å². The van der Waals surface area contributed by atoms with Crippen molar-refractivity contribution in [2.45, 2.75) is 25.8 Å². The summed E-state index contributed by atoms with van der Waals surface area (Å²) in [6.45, 7) is 1.40. The van der Waals surface area contributed by atoms with Crippen LogP contribution in [0.5, 0.6) is 5.75 Å². The molecule has 7 heteroatoms. The maximum absolute atomic E-state index is 13.4. The van der Waals surface area contributed by atoms with Crippen molar-refractivity contribution in [1.82, 2.24) is 5.32 Å². The fraction of sp³-hybridized carbons (Fsp3) is 0.385. The number of benzene rings is 1. The van der Waals surface area contributed by atoms with Crippen LogP contribution in [-0.4, -0.2) is 29.6 Å². The summed E-state index contributed by atoms with van der Waals surface area (Å²) in [6.07, 6.45) is 0.333. The first-order valence-corrected chi connectivity index (χ1v) is 6.80. The Hall–Kier alpha value is -1.63. The van der Waals surface area contributed by atoms with E-state index < -0.39 is 23.7 Å². The number of amides is 1. The summed E-state index contributed by atoms with van der Waals surface area (Å²) in [5.74, 6) is -2.09. The zero-order chi connectivity index (χ0) is 15.1. The van der Waals surface area contributed by atoms with E-state index in [2.05, 4.69) is 21.2 Å². The number of hydrogen-bond acceptors (Lipinski definition) is 3. The molecule has 0 bridgehead atoms. The Bertz CT molecular complexity index is 495. The molecule has 0 aliphatic rings. The molecular formula is C13H15BrFNO4. The Labute approximate surface area is 124 Å². The second kappa shape index (κ2) is 7.84. The highest BCUT2D eigenvalue weighted by Gasteiger charge is 2.15. The van der Waals surface area contributed by atoms with Crippen molar-refractivity contribution in [3.63, 3.8) is 0 Å². The minimum Gasteiger partial charge on any atom is -0.481 e. The second-order valence-corrected chi connectivity index (χ2v) is 5.05. The van der Waals surface area contributed by atoms with Crippen molar-refractivity contribution in [1.29, 1.82) is 0 Å². The van der Waals surface area contributed by atoms with Crippen molar-refractivity contribution < 1.29 is 23.8 Å². The standard InChI is InChI=1S/C13H15BrFNO4/c1-2-9(6-13(18)19)16-12(17)7-20-11-4-3-8(14)5-10(11)15/h3-5,9H,2,6-7H2,1H3,(H,16,17)(H,18,19). The van der Waals surface area contributed by atoms with E-state index in [0.717, 1.165) is 0 Å². The quantitative estimate of drug-likeness (QED) is 0.793. The van der Waals surface area contributed by atoms with E-state index in [0.29, 0.717) is 10.9 Å². The van der Waals surface area contributed by atoms with E-state index in [-0.39, 0.29) is 18.8 Å². The molecule has 0 spiro atoms. The van der Waals surface area contributed by atoms with Gasteiger partial charge >= 0.3 is 5.97 Å². The molecule has 1 unspecified atom stereocenters. The van der Waals surface area contributed by atoms with Gasteiger partial charge in [-0.2, -0.15) is 0 Å². The van der Waals surface area contributed by atoms with Crippen molar-refractivity contribution in [3.05, 3.63) is 28.5 Å². The summed E-state index contributed by atoms with van der Waals surface area (Å²) >= 11 is 3.11. The summed E-state index contributed by atoms with van der Waals surface area (Å²) in [5.41, 5.74) is 0. The Morgan fingerprint density at radius 1 is 1.50 bits per heavy atom. The number of aliphatic carboxylic acids is 1. The molecule has 5 nitrogen and oxygen atoms in total. The molecule has 1 atom stereocenters. The first-order valence-electron chi connectivity index (χ1n) is 6.01. The number of carbonyl (C=O) groups excluding carboxylic acids is 1. The van der Waals surface area contributed by atoms with Crippen LogP contribution in [0.4, 0.5) is 4.39 Å². The molecule has 0 radical (unpaired) electrons. The normalized spacial score (nSPS) is 11.8. The third kappa shape index (κ3) is 5.56. The molecule has 20 heavy (non-hydrogen) atoms. The lowest BCUT2D eigenvalue weighted by atomic mass is 10.1. The molecule has 0 saturated carbocycles. The lowest BCUT2D eigenvalue weighted by Gasteiger charge is -2.15. The molecular weight excluding hydrogens is 333 g/mol. The van der Waals surface area contributed by atoms with Crippen molar-refractivity contribution in [2.24, 2.45) is 0 Å². The maximum Gasteiger partial charge on any atom is 0.305 e. The predicted molar refractivity (Wildman–Crippen MR) is 74.1 cm³/mol. The molecule has 0 aromatic heterocycles. The van der Waals surface area contributed by atoms with Crippen LogP contribution in [0.15, 0.2) is 22.7 Å². The third-order valence-corrected chi connectivity index (χ3v) is 3.02. The summed E-state index contributed by atoms with van der Waals surface area (Å²) in [7, 11) is 0. The minimum atomic E-state index is -0.989. The average Bonchev–Trinajstić information content (AvgIpc) is 2.36. The lowest BCUT2D eigenvalue weighted by Crippen LogP contribution is -2.38. The van der Waals surface area contributed by atoms with Gasteiger partial charge in [0, 0.05) is 10.5 Å². The molecule has 1 aromatic carbocycles. The van der Waals surface area contributed by atoms with Gasteiger partial charge in [0.1, 0.15) is 0 Å². The molecule has 110 valence electrons. The number of nitrogens with one attached hydrogen (secondary N) is 1. The van der Waals surface area contributed by atoms with Crippen molar-refractivity contribution in [2.75, 3.05) is 6.61 Å². The third-order valence-electron chi connectivity index (χ3n) is 2.53.